The highest BCUT2D eigenvalue weighted by atomic mass is 79.9. The molecule has 1 atom stereocenters. The van der Waals surface area contributed by atoms with Crippen LogP contribution in [0.25, 0.3) is 0 Å². The first-order valence-electron chi connectivity index (χ1n) is 5.09. The summed E-state index contributed by atoms with van der Waals surface area (Å²) in [4.78, 5) is -1.99. The fraction of sp³-hybridized carbons (Fsp3) is 0.455. The van der Waals surface area contributed by atoms with Crippen molar-refractivity contribution in [2.24, 2.45) is 5.92 Å². The van der Waals surface area contributed by atoms with E-state index in [9.17, 15) is 26.3 Å². The Hall–Kier alpha value is -0.630. The zero-order chi connectivity index (χ0) is 15.7. The van der Waals surface area contributed by atoms with E-state index >= 15 is 0 Å². The summed E-state index contributed by atoms with van der Waals surface area (Å²) in [5.41, 5.74) is -0.240. The molecule has 0 saturated carbocycles. The maximum Gasteiger partial charge on any atom is 0.401 e. The van der Waals surface area contributed by atoms with E-state index in [-0.39, 0.29) is 16.3 Å². The molecule has 0 aliphatic heterocycles. The first kappa shape index (κ1) is 17.4. The van der Waals surface area contributed by atoms with E-state index in [0.29, 0.717) is 0 Å². The number of hydrogen-bond donors (Lipinski definition) is 0. The van der Waals surface area contributed by atoms with Crippen LogP contribution in [0.5, 0.6) is 5.75 Å². The van der Waals surface area contributed by atoms with Crippen LogP contribution in [0.2, 0.25) is 5.02 Å². The summed E-state index contributed by atoms with van der Waals surface area (Å²) in [5, 5.41) is -0.0717. The number of ether oxygens (including phenoxy) is 1. The van der Waals surface area contributed by atoms with Gasteiger partial charge >= 0.3 is 12.4 Å². The van der Waals surface area contributed by atoms with Gasteiger partial charge in [0.2, 0.25) is 0 Å². The Morgan fingerprint density at radius 1 is 1.10 bits per heavy atom. The second-order valence-corrected chi connectivity index (χ2v) is 5.25. The van der Waals surface area contributed by atoms with E-state index in [0.717, 1.165) is 12.1 Å². The van der Waals surface area contributed by atoms with Gasteiger partial charge in [0.25, 0.3) is 0 Å². The molecule has 1 aromatic rings. The summed E-state index contributed by atoms with van der Waals surface area (Å²) >= 11 is 8.16. The van der Waals surface area contributed by atoms with Crippen molar-refractivity contribution >= 4 is 27.5 Å². The summed E-state index contributed by atoms with van der Waals surface area (Å²) in [6.07, 6.45) is -10.9. The maximum atomic E-state index is 12.6. The van der Waals surface area contributed by atoms with Crippen molar-refractivity contribution in [1.29, 1.82) is 0 Å². The Morgan fingerprint density at radius 2 is 1.60 bits per heavy atom. The van der Waals surface area contributed by atoms with Crippen molar-refractivity contribution < 1.29 is 31.1 Å². The lowest BCUT2D eigenvalue weighted by molar-refractivity contribution is -0.283. The molecule has 0 spiro atoms. The second-order valence-electron chi connectivity index (χ2n) is 3.86. The van der Waals surface area contributed by atoms with Crippen LogP contribution in [0, 0.1) is 5.92 Å². The average Bonchev–Trinajstić information content (AvgIpc) is 2.24. The lowest BCUT2D eigenvalue weighted by Gasteiger charge is -2.27. The number of halogens is 8. The minimum absolute atomic E-state index is 0.0717. The molecule has 20 heavy (non-hydrogen) atoms. The van der Waals surface area contributed by atoms with Gasteiger partial charge in [0.05, 0.1) is 17.0 Å². The third-order valence-corrected chi connectivity index (χ3v) is 3.84. The summed E-state index contributed by atoms with van der Waals surface area (Å²) < 4.78 is 80.3. The summed E-state index contributed by atoms with van der Waals surface area (Å²) in [5.74, 6) is -3.37. The molecular weight excluding hydrogens is 377 g/mol. The fourth-order valence-electron chi connectivity index (χ4n) is 1.56. The van der Waals surface area contributed by atoms with E-state index in [1.54, 1.807) is 0 Å². The van der Waals surface area contributed by atoms with Gasteiger partial charge in [0, 0.05) is 0 Å². The summed E-state index contributed by atoms with van der Waals surface area (Å²) in [7, 11) is 1.28. The second kappa shape index (κ2) is 6.01. The number of benzene rings is 1. The summed E-state index contributed by atoms with van der Waals surface area (Å²) in [6.45, 7) is 0. The molecule has 0 radical (unpaired) electrons. The number of alkyl halides is 7. The lowest BCUT2D eigenvalue weighted by atomic mass is 9.98. The molecule has 0 aromatic heterocycles. The zero-order valence-electron chi connectivity index (χ0n) is 9.82. The molecule has 1 nitrogen and oxygen atoms in total. The first-order chi connectivity index (χ1) is 8.98. The van der Waals surface area contributed by atoms with Crippen molar-refractivity contribution in [2.75, 3.05) is 7.11 Å². The maximum absolute atomic E-state index is 12.6. The highest BCUT2D eigenvalue weighted by Gasteiger charge is 2.60. The molecule has 1 unspecified atom stereocenters. The fourth-order valence-corrected chi connectivity index (χ4v) is 2.71. The van der Waals surface area contributed by atoms with Crippen LogP contribution in [-0.4, -0.2) is 19.5 Å². The zero-order valence-corrected chi connectivity index (χ0v) is 12.2. The third kappa shape index (κ3) is 3.94. The van der Waals surface area contributed by atoms with Crippen molar-refractivity contribution in [2.45, 2.75) is 17.2 Å². The minimum atomic E-state index is -5.43. The van der Waals surface area contributed by atoms with Crippen molar-refractivity contribution in [3.8, 4) is 5.75 Å². The van der Waals surface area contributed by atoms with Crippen LogP contribution >= 0.6 is 27.5 Å². The molecule has 0 bridgehead atoms. The van der Waals surface area contributed by atoms with Crippen molar-refractivity contribution in [3.05, 3.63) is 28.8 Å². The van der Waals surface area contributed by atoms with Crippen molar-refractivity contribution in [1.82, 2.24) is 0 Å². The molecule has 1 rings (SSSR count). The SMILES string of the molecule is COc1ccc(C(Br)C(C(F)(F)F)C(F)(F)F)cc1Cl. The van der Waals surface area contributed by atoms with Crippen LogP contribution in [0.1, 0.15) is 10.4 Å². The van der Waals surface area contributed by atoms with Crippen LogP contribution in [0.15, 0.2) is 18.2 Å². The Labute approximate surface area is 124 Å². The van der Waals surface area contributed by atoms with E-state index in [4.69, 9.17) is 16.3 Å². The van der Waals surface area contributed by atoms with Gasteiger partial charge < -0.3 is 4.74 Å². The largest absolute Gasteiger partial charge is 0.495 e. The molecule has 9 heteroatoms. The number of hydrogen-bond acceptors (Lipinski definition) is 1. The van der Waals surface area contributed by atoms with E-state index < -0.39 is 23.1 Å². The summed E-state index contributed by atoms with van der Waals surface area (Å²) in [6, 6.07) is 3.30. The molecular formula is C11H8BrClF6O. The Bertz CT molecular complexity index is 459. The highest BCUT2D eigenvalue weighted by Crippen LogP contribution is 2.50. The Morgan fingerprint density at radius 3 is 1.95 bits per heavy atom. The molecule has 0 N–H and O–H groups in total. The van der Waals surface area contributed by atoms with Crippen LogP contribution in [-0.2, 0) is 0 Å². The van der Waals surface area contributed by atoms with Gasteiger partial charge in [-0.3, -0.25) is 0 Å². The Kier molecular flexibility index (Phi) is 5.23. The predicted octanol–water partition coefficient (Wildman–Crippen LogP) is 5.53. The van der Waals surface area contributed by atoms with E-state index in [2.05, 4.69) is 15.9 Å². The molecule has 0 fully saturated rings. The molecule has 0 aliphatic rings. The molecule has 1 aromatic carbocycles. The molecule has 0 aliphatic carbocycles. The minimum Gasteiger partial charge on any atom is -0.495 e. The van der Waals surface area contributed by atoms with Gasteiger partial charge in [0.1, 0.15) is 5.75 Å². The van der Waals surface area contributed by atoms with E-state index in [1.807, 2.05) is 0 Å². The third-order valence-electron chi connectivity index (χ3n) is 2.49. The molecule has 0 saturated heterocycles. The molecule has 0 heterocycles. The number of methoxy groups -OCH3 is 1. The van der Waals surface area contributed by atoms with E-state index in [1.165, 1.54) is 13.2 Å². The first-order valence-corrected chi connectivity index (χ1v) is 6.38. The predicted molar refractivity (Wildman–Crippen MR) is 65.3 cm³/mol. The smallest absolute Gasteiger partial charge is 0.401 e. The van der Waals surface area contributed by atoms with Gasteiger partial charge in [-0.2, -0.15) is 26.3 Å². The molecule has 0 amide bonds. The topological polar surface area (TPSA) is 9.23 Å². The monoisotopic (exact) mass is 384 g/mol. The number of rotatable bonds is 3. The van der Waals surface area contributed by atoms with Crippen LogP contribution in [0.4, 0.5) is 26.3 Å². The van der Waals surface area contributed by atoms with Crippen molar-refractivity contribution in [3.63, 3.8) is 0 Å². The normalized spacial score (nSPS) is 14.5. The van der Waals surface area contributed by atoms with Crippen LogP contribution < -0.4 is 4.74 Å². The lowest BCUT2D eigenvalue weighted by Crippen LogP contribution is -2.39. The Balaban J connectivity index is 3.20. The standard InChI is InChI=1S/C11H8BrClF6O/c1-20-7-3-2-5(4-6(7)13)8(12)9(10(14,15)16)11(17,18)19/h2-4,8-9H,1H3. The van der Waals surface area contributed by atoms with Gasteiger partial charge in [0.15, 0.2) is 5.92 Å². The molecule has 114 valence electrons. The highest BCUT2D eigenvalue weighted by molar-refractivity contribution is 9.09. The van der Waals surface area contributed by atoms with Gasteiger partial charge in [-0.05, 0) is 17.7 Å². The van der Waals surface area contributed by atoms with Gasteiger partial charge in [-0.1, -0.05) is 33.6 Å². The quantitative estimate of drug-likeness (QED) is 0.491. The van der Waals surface area contributed by atoms with Crippen LogP contribution in [0.3, 0.4) is 0 Å². The van der Waals surface area contributed by atoms with Gasteiger partial charge in [-0.15, -0.1) is 0 Å². The average molecular weight is 386 g/mol. The van der Waals surface area contributed by atoms with Gasteiger partial charge in [-0.25, -0.2) is 0 Å².